The third kappa shape index (κ3) is 4.45. The van der Waals surface area contributed by atoms with Crippen molar-refractivity contribution in [1.82, 2.24) is 0 Å². The molecule has 2 N–H and O–H groups in total. The van der Waals surface area contributed by atoms with Gasteiger partial charge in [0.1, 0.15) is 11.5 Å². The summed E-state index contributed by atoms with van der Waals surface area (Å²) in [6, 6.07) is 12.0. The summed E-state index contributed by atoms with van der Waals surface area (Å²) in [7, 11) is 0. The SMILES string of the molecule is CC1(C)CC(=O)[C@H]2C(=Nc3ccccc3N[C@H]2c2cc(C(C)(C)C)c(O)c(C(C)(C)C)c2)C1. The van der Waals surface area contributed by atoms with Crippen molar-refractivity contribution in [3.05, 3.63) is 53.1 Å². The number of fused-ring (bicyclic) bond motifs is 2. The summed E-state index contributed by atoms with van der Waals surface area (Å²) < 4.78 is 0. The zero-order chi connectivity index (χ0) is 24.3. The lowest BCUT2D eigenvalue weighted by Gasteiger charge is -2.38. The fourth-order valence-corrected chi connectivity index (χ4v) is 5.27. The maximum absolute atomic E-state index is 13.6. The molecule has 33 heavy (non-hydrogen) atoms. The van der Waals surface area contributed by atoms with Crippen molar-refractivity contribution in [2.75, 3.05) is 5.32 Å². The van der Waals surface area contributed by atoms with Crippen molar-refractivity contribution in [3.63, 3.8) is 0 Å². The number of carbonyl (C=O) groups is 1. The van der Waals surface area contributed by atoms with E-state index < -0.39 is 0 Å². The largest absolute Gasteiger partial charge is 0.507 e. The molecule has 2 atom stereocenters. The van der Waals surface area contributed by atoms with Gasteiger partial charge in [0.2, 0.25) is 0 Å². The predicted molar refractivity (Wildman–Crippen MR) is 137 cm³/mol. The van der Waals surface area contributed by atoms with E-state index in [1.54, 1.807) is 0 Å². The van der Waals surface area contributed by atoms with Crippen LogP contribution in [-0.4, -0.2) is 16.6 Å². The highest BCUT2D eigenvalue weighted by Gasteiger charge is 2.44. The van der Waals surface area contributed by atoms with E-state index in [9.17, 15) is 9.90 Å². The third-order valence-electron chi connectivity index (χ3n) is 6.94. The Morgan fingerprint density at radius 2 is 1.55 bits per heavy atom. The highest BCUT2D eigenvalue weighted by molar-refractivity contribution is 6.10. The Hall–Kier alpha value is -2.62. The molecule has 1 fully saturated rings. The van der Waals surface area contributed by atoms with Gasteiger partial charge in [0, 0.05) is 12.1 Å². The highest BCUT2D eigenvalue weighted by Crippen LogP contribution is 2.47. The van der Waals surface area contributed by atoms with Crippen molar-refractivity contribution >= 4 is 22.9 Å². The Balaban J connectivity index is 1.96. The van der Waals surface area contributed by atoms with E-state index in [1.807, 2.05) is 24.3 Å². The predicted octanol–water partition coefficient (Wildman–Crippen LogP) is 7.23. The number of benzene rings is 2. The fourth-order valence-electron chi connectivity index (χ4n) is 5.27. The van der Waals surface area contributed by atoms with Crippen LogP contribution in [0.4, 0.5) is 11.4 Å². The van der Waals surface area contributed by atoms with Crippen LogP contribution in [0.15, 0.2) is 41.4 Å². The molecular weight excluding hydrogens is 408 g/mol. The molecule has 1 aliphatic heterocycles. The van der Waals surface area contributed by atoms with Gasteiger partial charge in [0.25, 0.3) is 0 Å². The van der Waals surface area contributed by atoms with Crippen LogP contribution in [-0.2, 0) is 15.6 Å². The van der Waals surface area contributed by atoms with Gasteiger partial charge in [0.15, 0.2) is 0 Å². The molecule has 0 spiro atoms. The first-order valence-corrected chi connectivity index (χ1v) is 12.0. The maximum Gasteiger partial charge on any atom is 0.144 e. The molecule has 0 radical (unpaired) electrons. The van der Waals surface area contributed by atoms with Gasteiger partial charge in [-0.3, -0.25) is 9.79 Å². The summed E-state index contributed by atoms with van der Waals surface area (Å²) in [4.78, 5) is 18.6. The normalized spacial score (nSPS) is 22.5. The lowest BCUT2D eigenvalue weighted by molar-refractivity contribution is -0.124. The quantitative estimate of drug-likeness (QED) is 0.486. The summed E-state index contributed by atoms with van der Waals surface area (Å²) in [6.45, 7) is 17.0. The molecular formula is C29H38N2O2. The molecule has 2 aromatic rings. The van der Waals surface area contributed by atoms with Crippen molar-refractivity contribution < 1.29 is 9.90 Å². The van der Waals surface area contributed by atoms with Gasteiger partial charge < -0.3 is 10.4 Å². The molecule has 1 saturated carbocycles. The zero-order valence-corrected chi connectivity index (χ0v) is 21.3. The minimum Gasteiger partial charge on any atom is -0.507 e. The minimum absolute atomic E-state index is 0.0989. The number of aliphatic imine (C=N–C) groups is 1. The summed E-state index contributed by atoms with van der Waals surface area (Å²) >= 11 is 0. The van der Waals surface area contributed by atoms with Crippen molar-refractivity contribution in [2.24, 2.45) is 16.3 Å². The summed E-state index contributed by atoms with van der Waals surface area (Å²) in [5.74, 6) is 0.270. The van der Waals surface area contributed by atoms with E-state index in [0.29, 0.717) is 12.2 Å². The molecule has 0 amide bonds. The maximum atomic E-state index is 13.6. The van der Waals surface area contributed by atoms with Crippen LogP contribution in [0, 0.1) is 11.3 Å². The number of nitrogens with zero attached hydrogens (tertiary/aromatic N) is 1. The molecule has 0 saturated heterocycles. The number of phenolic OH excluding ortho intramolecular Hbond substituents is 1. The van der Waals surface area contributed by atoms with Gasteiger partial charge >= 0.3 is 0 Å². The molecule has 2 aliphatic rings. The number of rotatable bonds is 1. The highest BCUT2D eigenvalue weighted by atomic mass is 16.3. The third-order valence-corrected chi connectivity index (χ3v) is 6.94. The summed E-state index contributed by atoms with van der Waals surface area (Å²) in [5, 5.41) is 14.9. The molecule has 2 aromatic carbocycles. The van der Waals surface area contributed by atoms with Crippen LogP contribution < -0.4 is 5.32 Å². The Labute approximate surface area is 198 Å². The number of anilines is 1. The van der Waals surface area contributed by atoms with E-state index in [0.717, 1.165) is 40.2 Å². The van der Waals surface area contributed by atoms with E-state index in [1.165, 1.54) is 0 Å². The van der Waals surface area contributed by atoms with Gasteiger partial charge in [-0.25, -0.2) is 0 Å². The average molecular weight is 447 g/mol. The first kappa shape index (κ1) is 23.5. The Morgan fingerprint density at radius 3 is 2.12 bits per heavy atom. The monoisotopic (exact) mass is 446 g/mol. The molecule has 4 rings (SSSR count). The lowest BCUT2D eigenvalue weighted by Crippen LogP contribution is -2.42. The number of hydrogen-bond acceptors (Lipinski definition) is 4. The second-order valence-electron chi connectivity index (χ2n) is 12.7. The van der Waals surface area contributed by atoms with Crippen LogP contribution in [0.2, 0.25) is 0 Å². The smallest absolute Gasteiger partial charge is 0.144 e. The average Bonchev–Trinajstić information content (AvgIpc) is 2.81. The van der Waals surface area contributed by atoms with Crippen molar-refractivity contribution in [2.45, 2.75) is 85.1 Å². The van der Waals surface area contributed by atoms with Gasteiger partial charge in [-0.05, 0) is 63.6 Å². The number of carbonyl (C=O) groups excluding carboxylic acids is 1. The minimum atomic E-state index is -0.324. The van der Waals surface area contributed by atoms with Crippen LogP contribution in [0.1, 0.15) is 91.0 Å². The standard InChI is InChI=1S/C29H38N2O2/c1-27(2,3)18-13-17(14-19(26(18)33)28(4,5)6)25-24-22(15-29(7,8)16-23(24)32)30-20-11-9-10-12-21(20)31-25/h9-14,24-25,31,33H,15-16H2,1-8H3/t24-,25+/m1/s1. The molecule has 176 valence electrons. The number of phenols is 1. The second kappa shape index (κ2) is 7.72. The molecule has 0 aromatic heterocycles. The number of hydrogen-bond donors (Lipinski definition) is 2. The molecule has 4 heteroatoms. The first-order valence-electron chi connectivity index (χ1n) is 12.0. The molecule has 0 bridgehead atoms. The van der Waals surface area contributed by atoms with Crippen molar-refractivity contribution in [3.8, 4) is 5.75 Å². The molecule has 0 unspecified atom stereocenters. The Morgan fingerprint density at radius 1 is 0.970 bits per heavy atom. The Bertz CT molecular complexity index is 1090. The Kier molecular flexibility index (Phi) is 5.50. The van der Waals surface area contributed by atoms with E-state index in [4.69, 9.17) is 4.99 Å². The van der Waals surface area contributed by atoms with Gasteiger partial charge in [-0.2, -0.15) is 0 Å². The van der Waals surface area contributed by atoms with Gasteiger partial charge in [-0.15, -0.1) is 0 Å². The molecule has 1 aliphatic carbocycles. The number of aromatic hydroxyl groups is 1. The number of Topliss-reactive ketones (excluding diaryl/α,β-unsaturated/α-hetero) is 1. The number of ketones is 1. The fraction of sp³-hybridized carbons (Fsp3) is 0.517. The van der Waals surface area contributed by atoms with Crippen LogP contribution in [0.3, 0.4) is 0 Å². The number of para-hydroxylation sites is 2. The van der Waals surface area contributed by atoms with Crippen LogP contribution in [0.25, 0.3) is 0 Å². The topological polar surface area (TPSA) is 61.7 Å². The van der Waals surface area contributed by atoms with Crippen molar-refractivity contribution in [1.29, 1.82) is 0 Å². The van der Waals surface area contributed by atoms with E-state index in [-0.39, 0.29) is 34.0 Å². The second-order valence-corrected chi connectivity index (χ2v) is 12.7. The lowest BCUT2D eigenvalue weighted by atomic mass is 9.67. The van der Waals surface area contributed by atoms with E-state index >= 15 is 0 Å². The van der Waals surface area contributed by atoms with Crippen LogP contribution in [0.5, 0.6) is 5.75 Å². The molecule has 4 nitrogen and oxygen atoms in total. The first-order chi connectivity index (χ1) is 15.2. The molecule has 1 heterocycles. The van der Waals surface area contributed by atoms with Gasteiger partial charge in [0.05, 0.1) is 23.3 Å². The van der Waals surface area contributed by atoms with Gasteiger partial charge in [-0.1, -0.05) is 67.5 Å². The van der Waals surface area contributed by atoms with E-state index in [2.05, 4.69) is 72.8 Å². The number of nitrogens with one attached hydrogen (secondary N) is 1. The summed E-state index contributed by atoms with van der Waals surface area (Å²) in [5.41, 5.74) is 5.06. The van der Waals surface area contributed by atoms with Crippen LogP contribution >= 0.6 is 0 Å². The summed E-state index contributed by atoms with van der Waals surface area (Å²) in [6.07, 6.45) is 1.34. The zero-order valence-electron chi connectivity index (χ0n) is 21.3.